The Hall–Kier alpha value is -0.670. The molecule has 1 amide bonds. The van der Waals surface area contributed by atoms with Crippen molar-refractivity contribution >= 4 is 5.91 Å². The summed E-state index contributed by atoms with van der Waals surface area (Å²) in [5.74, 6) is -2.37. The van der Waals surface area contributed by atoms with E-state index in [0.29, 0.717) is 5.92 Å². The van der Waals surface area contributed by atoms with Crippen molar-refractivity contribution in [3.05, 3.63) is 0 Å². The maximum Gasteiger partial charge on any atom is 0.249 e. The van der Waals surface area contributed by atoms with Crippen molar-refractivity contribution in [1.82, 2.24) is 4.90 Å². The number of nitrogens with zero attached hydrogens (tertiary/aromatic N) is 1. The van der Waals surface area contributed by atoms with Gasteiger partial charge in [-0.15, -0.1) is 0 Å². The molecule has 0 bridgehead atoms. The standard InChI is InChI=1S/C11H17F2NO/c1-8-2-4-14(5-3-8)10(15)9-6-11(12,13)7-9/h8-9H,2-7H2,1H3. The first-order valence-corrected chi connectivity index (χ1v) is 5.64. The minimum absolute atomic E-state index is 0.0483. The zero-order valence-electron chi connectivity index (χ0n) is 9.01. The third kappa shape index (κ3) is 2.29. The molecule has 1 saturated heterocycles. The first-order valence-electron chi connectivity index (χ1n) is 5.64. The molecule has 2 rings (SSSR count). The molecule has 1 saturated carbocycles. The number of likely N-dealkylation sites (tertiary alicyclic amines) is 1. The number of carbonyl (C=O) groups excluding carboxylic acids is 1. The van der Waals surface area contributed by atoms with E-state index in [1.54, 1.807) is 4.90 Å². The largest absolute Gasteiger partial charge is 0.342 e. The van der Waals surface area contributed by atoms with E-state index in [-0.39, 0.29) is 18.7 Å². The minimum Gasteiger partial charge on any atom is -0.342 e. The van der Waals surface area contributed by atoms with Gasteiger partial charge in [0.1, 0.15) is 0 Å². The summed E-state index contributed by atoms with van der Waals surface area (Å²) in [5.41, 5.74) is 0. The second-order valence-corrected chi connectivity index (χ2v) is 4.97. The van der Waals surface area contributed by atoms with Crippen LogP contribution in [-0.4, -0.2) is 29.8 Å². The van der Waals surface area contributed by atoms with Crippen LogP contribution in [-0.2, 0) is 4.79 Å². The molecule has 0 aromatic carbocycles. The van der Waals surface area contributed by atoms with Crippen LogP contribution in [0.5, 0.6) is 0 Å². The van der Waals surface area contributed by atoms with Gasteiger partial charge >= 0.3 is 0 Å². The van der Waals surface area contributed by atoms with Gasteiger partial charge in [-0.25, -0.2) is 8.78 Å². The molecule has 0 radical (unpaired) electrons. The Morgan fingerprint density at radius 3 is 2.27 bits per heavy atom. The summed E-state index contributed by atoms with van der Waals surface area (Å²) >= 11 is 0. The lowest BCUT2D eigenvalue weighted by Crippen LogP contribution is -2.48. The molecule has 0 N–H and O–H groups in total. The molecule has 0 spiro atoms. The highest BCUT2D eigenvalue weighted by atomic mass is 19.3. The lowest BCUT2D eigenvalue weighted by molar-refractivity contribution is -0.160. The molecule has 86 valence electrons. The third-order valence-corrected chi connectivity index (χ3v) is 3.53. The Balaban J connectivity index is 1.82. The van der Waals surface area contributed by atoms with Crippen molar-refractivity contribution in [3.63, 3.8) is 0 Å². The van der Waals surface area contributed by atoms with Crippen LogP contribution >= 0.6 is 0 Å². The minimum atomic E-state index is -2.58. The van der Waals surface area contributed by atoms with Crippen molar-refractivity contribution in [2.24, 2.45) is 11.8 Å². The second-order valence-electron chi connectivity index (χ2n) is 4.97. The van der Waals surface area contributed by atoms with Crippen LogP contribution in [0.4, 0.5) is 8.78 Å². The monoisotopic (exact) mass is 217 g/mol. The number of hydrogen-bond donors (Lipinski definition) is 0. The van der Waals surface area contributed by atoms with E-state index in [1.165, 1.54) is 0 Å². The zero-order valence-corrected chi connectivity index (χ0v) is 9.01. The Kier molecular flexibility index (Phi) is 2.69. The number of amides is 1. The van der Waals surface area contributed by atoms with E-state index < -0.39 is 11.8 Å². The van der Waals surface area contributed by atoms with Crippen LogP contribution in [0.2, 0.25) is 0 Å². The normalized spacial score (nSPS) is 27.5. The molecule has 1 heterocycles. The van der Waals surface area contributed by atoms with Gasteiger partial charge in [-0.3, -0.25) is 4.79 Å². The molecule has 0 aromatic rings. The van der Waals surface area contributed by atoms with Gasteiger partial charge in [0.15, 0.2) is 0 Å². The summed E-state index contributed by atoms with van der Waals surface area (Å²) in [5, 5.41) is 0. The van der Waals surface area contributed by atoms with E-state index >= 15 is 0 Å². The van der Waals surface area contributed by atoms with Crippen LogP contribution in [0.1, 0.15) is 32.6 Å². The van der Waals surface area contributed by atoms with Crippen LogP contribution in [0.3, 0.4) is 0 Å². The summed E-state index contributed by atoms with van der Waals surface area (Å²) in [6, 6.07) is 0. The van der Waals surface area contributed by atoms with Crippen LogP contribution < -0.4 is 0 Å². The Morgan fingerprint density at radius 2 is 1.80 bits per heavy atom. The van der Waals surface area contributed by atoms with Gasteiger partial charge in [-0.05, 0) is 18.8 Å². The van der Waals surface area contributed by atoms with Crippen LogP contribution in [0.25, 0.3) is 0 Å². The smallest absolute Gasteiger partial charge is 0.249 e. The van der Waals surface area contributed by atoms with Crippen LogP contribution in [0, 0.1) is 11.8 Å². The molecule has 0 unspecified atom stereocenters. The third-order valence-electron chi connectivity index (χ3n) is 3.53. The number of carbonyl (C=O) groups is 1. The van der Waals surface area contributed by atoms with Crippen molar-refractivity contribution in [2.75, 3.05) is 13.1 Å². The number of piperidine rings is 1. The highest BCUT2D eigenvalue weighted by Crippen LogP contribution is 2.43. The molecule has 15 heavy (non-hydrogen) atoms. The lowest BCUT2D eigenvalue weighted by atomic mass is 9.80. The van der Waals surface area contributed by atoms with Gasteiger partial charge < -0.3 is 4.90 Å². The highest BCUT2D eigenvalue weighted by molar-refractivity contribution is 5.80. The fraction of sp³-hybridized carbons (Fsp3) is 0.909. The molecule has 2 fully saturated rings. The molecule has 2 nitrogen and oxygen atoms in total. The molecule has 1 aliphatic heterocycles. The molecular weight excluding hydrogens is 200 g/mol. The Morgan fingerprint density at radius 1 is 1.27 bits per heavy atom. The van der Waals surface area contributed by atoms with Gasteiger partial charge in [0.2, 0.25) is 11.8 Å². The first-order chi connectivity index (χ1) is 6.98. The van der Waals surface area contributed by atoms with Gasteiger partial charge in [0.25, 0.3) is 0 Å². The van der Waals surface area contributed by atoms with Gasteiger partial charge in [0, 0.05) is 31.8 Å². The van der Waals surface area contributed by atoms with Crippen molar-refractivity contribution in [2.45, 2.75) is 38.5 Å². The second kappa shape index (κ2) is 3.72. The molecule has 4 heteroatoms. The van der Waals surface area contributed by atoms with Crippen molar-refractivity contribution in [1.29, 1.82) is 0 Å². The maximum absolute atomic E-state index is 12.6. The Labute approximate surface area is 88.6 Å². The van der Waals surface area contributed by atoms with E-state index in [9.17, 15) is 13.6 Å². The lowest BCUT2D eigenvalue weighted by Gasteiger charge is -2.39. The number of rotatable bonds is 1. The predicted octanol–water partition coefficient (Wildman–Crippen LogP) is 2.29. The quantitative estimate of drug-likeness (QED) is 0.660. The number of halogens is 2. The summed E-state index contributed by atoms with van der Waals surface area (Å²) in [7, 11) is 0. The average Bonchev–Trinajstić information content (AvgIpc) is 2.14. The predicted molar refractivity (Wildman–Crippen MR) is 52.6 cm³/mol. The fourth-order valence-corrected chi connectivity index (χ4v) is 2.32. The Bertz CT molecular complexity index is 251. The molecular formula is C11H17F2NO. The van der Waals surface area contributed by atoms with Gasteiger partial charge in [-0.1, -0.05) is 6.92 Å². The topological polar surface area (TPSA) is 20.3 Å². The maximum atomic E-state index is 12.6. The summed E-state index contributed by atoms with van der Waals surface area (Å²) in [4.78, 5) is 13.5. The highest BCUT2D eigenvalue weighted by Gasteiger charge is 2.49. The number of alkyl halides is 2. The molecule has 0 aromatic heterocycles. The van der Waals surface area contributed by atoms with E-state index in [4.69, 9.17) is 0 Å². The van der Waals surface area contributed by atoms with Gasteiger partial charge in [-0.2, -0.15) is 0 Å². The van der Waals surface area contributed by atoms with Crippen LogP contribution in [0.15, 0.2) is 0 Å². The van der Waals surface area contributed by atoms with Gasteiger partial charge in [0.05, 0.1) is 0 Å². The fourth-order valence-electron chi connectivity index (χ4n) is 2.32. The molecule has 2 aliphatic rings. The van der Waals surface area contributed by atoms with E-state index in [0.717, 1.165) is 25.9 Å². The van der Waals surface area contributed by atoms with E-state index in [1.807, 2.05) is 0 Å². The molecule has 0 atom stereocenters. The zero-order chi connectivity index (χ0) is 11.1. The summed E-state index contributed by atoms with van der Waals surface area (Å²) in [6.45, 7) is 3.67. The van der Waals surface area contributed by atoms with Crippen molar-refractivity contribution in [3.8, 4) is 0 Å². The molecule has 1 aliphatic carbocycles. The summed E-state index contributed by atoms with van der Waals surface area (Å²) in [6.07, 6.45) is 1.54. The first kappa shape index (κ1) is 10.8. The SMILES string of the molecule is CC1CCN(C(=O)C2CC(F)(F)C2)CC1. The van der Waals surface area contributed by atoms with Crippen molar-refractivity contribution < 1.29 is 13.6 Å². The average molecular weight is 217 g/mol. The summed E-state index contributed by atoms with van der Waals surface area (Å²) < 4.78 is 25.2. The number of hydrogen-bond acceptors (Lipinski definition) is 1. The van der Waals surface area contributed by atoms with E-state index in [2.05, 4.69) is 6.92 Å².